The van der Waals surface area contributed by atoms with Gasteiger partial charge in [-0.3, -0.25) is 15.1 Å². The molecule has 0 spiro atoms. The minimum atomic E-state index is -0.383. The third-order valence-electron chi connectivity index (χ3n) is 2.92. The van der Waals surface area contributed by atoms with E-state index in [9.17, 15) is 10.1 Å². The molecule has 2 aromatic heterocycles. The third kappa shape index (κ3) is 2.04. The van der Waals surface area contributed by atoms with E-state index in [1.807, 2.05) is 0 Å². The number of nitrogens with zero attached hydrogens (tertiary/aromatic N) is 3. The van der Waals surface area contributed by atoms with Gasteiger partial charge in [-0.25, -0.2) is 4.98 Å². The van der Waals surface area contributed by atoms with Crippen molar-refractivity contribution in [2.75, 3.05) is 0 Å². The first kappa shape index (κ1) is 12.0. The summed E-state index contributed by atoms with van der Waals surface area (Å²) in [6, 6.07) is 4.75. The summed E-state index contributed by atoms with van der Waals surface area (Å²) in [5.74, 6) is 0. The van der Waals surface area contributed by atoms with Crippen LogP contribution in [0.5, 0.6) is 0 Å². The highest BCUT2D eigenvalue weighted by molar-refractivity contribution is 7.19. The lowest BCUT2D eigenvalue weighted by atomic mass is 10.2. The van der Waals surface area contributed by atoms with E-state index in [4.69, 9.17) is 0 Å². The SMILES string of the molecule is CCCc1nc2cnc3ccc([N+](=O)[O-])cc3c2s1. The highest BCUT2D eigenvalue weighted by atomic mass is 32.1. The molecule has 0 bridgehead atoms. The number of aromatic nitrogens is 2. The van der Waals surface area contributed by atoms with Crippen molar-refractivity contribution in [3.05, 3.63) is 39.5 Å². The fourth-order valence-corrected chi connectivity index (χ4v) is 3.20. The number of rotatable bonds is 3. The van der Waals surface area contributed by atoms with Gasteiger partial charge >= 0.3 is 0 Å². The number of thiazole rings is 1. The first-order chi connectivity index (χ1) is 9.19. The van der Waals surface area contributed by atoms with E-state index in [0.717, 1.165) is 39.0 Å². The van der Waals surface area contributed by atoms with Crippen molar-refractivity contribution >= 4 is 38.1 Å². The Morgan fingerprint density at radius 3 is 2.95 bits per heavy atom. The molecule has 0 N–H and O–H groups in total. The van der Waals surface area contributed by atoms with Crippen LogP contribution in [0, 0.1) is 10.1 Å². The van der Waals surface area contributed by atoms with Gasteiger partial charge in [0.05, 0.1) is 26.3 Å². The Bertz CT molecular complexity index is 782. The van der Waals surface area contributed by atoms with E-state index in [1.165, 1.54) is 6.07 Å². The number of fused-ring (bicyclic) bond motifs is 3. The fraction of sp³-hybridized carbons (Fsp3) is 0.231. The average Bonchev–Trinajstić information content (AvgIpc) is 2.81. The Kier molecular flexibility index (Phi) is 2.87. The van der Waals surface area contributed by atoms with E-state index in [2.05, 4.69) is 16.9 Å². The first-order valence-corrected chi connectivity index (χ1v) is 6.83. The predicted octanol–water partition coefficient (Wildman–Crippen LogP) is 3.71. The van der Waals surface area contributed by atoms with E-state index in [1.54, 1.807) is 29.7 Å². The number of benzene rings is 1. The normalized spacial score (nSPS) is 11.2. The molecule has 2 heterocycles. The maximum Gasteiger partial charge on any atom is 0.270 e. The molecule has 0 atom stereocenters. The van der Waals surface area contributed by atoms with Gasteiger partial charge in [-0.15, -0.1) is 11.3 Å². The number of aryl methyl sites for hydroxylation is 1. The van der Waals surface area contributed by atoms with Gasteiger partial charge in [0, 0.05) is 17.5 Å². The zero-order chi connectivity index (χ0) is 13.4. The molecule has 0 radical (unpaired) electrons. The van der Waals surface area contributed by atoms with E-state index < -0.39 is 0 Å². The molecule has 0 aliphatic rings. The van der Waals surface area contributed by atoms with Gasteiger partial charge in [0.25, 0.3) is 5.69 Å². The largest absolute Gasteiger partial charge is 0.270 e. The molecular formula is C13H11N3O2S. The minimum absolute atomic E-state index is 0.0900. The molecule has 0 unspecified atom stereocenters. The van der Waals surface area contributed by atoms with Crippen molar-refractivity contribution in [3.8, 4) is 0 Å². The van der Waals surface area contributed by atoms with Crippen molar-refractivity contribution in [2.45, 2.75) is 19.8 Å². The summed E-state index contributed by atoms with van der Waals surface area (Å²) >= 11 is 1.60. The van der Waals surface area contributed by atoms with Gasteiger partial charge in [-0.1, -0.05) is 6.92 Å². The maximum absolute atomic E-state index is 10.9. The van der Waals surface area contributed by atoms with Gasteiger partial charge in [-0.05, 0) is 18.9 Å². The number of nitro benzene ring substituents is 1. The second kappa shape index (κ2) is 4.55. The summed E-state index contributed by atoms with van der Waals surface area (Å²) in [5, 5.41) is 12.7. The van der Waals surface area contributed by atoms with Crippen LogP contribution in [0.1, 0.15) is 18.4 Å². The second-order valence-electron chi connectivity index (χ2n) is 4.29. The maximum atomic E-state index is 10.9. The summed E-state index contributed by atoms with van der Waals surface area (Å²) in [6.07, 6.45) is 3.69. The summed E-state index contributed by atoms with van der Waals surface area (Å²) in [6.45, 7) is 2.10. The van der Waals surface area contributed by atoms with Crippen molar-refractivity contribution in [3.63, 3.8) is 0 Å². The lowest BCUT2D eigenvalue weighted by molar-refractivity contribution is -0.384. The number of nitro groups is 1. The number of non-ortho nitro benzene ring substituents is 1. The Labute approximate surface area is 113 Å². The van der Waals surface area contributed by atoms with E-state index in [0.29, 0.717) is 0 Å². The summed E-state index contributed by atoms with van der Waals surface area (Å²) in [5.41, 5.74) is 1.68. The average molecular weight is 273 g/mol. The molecule has 0 aliphatic heterocycles. The second-order valence-corrected chi connectivity index (χ2v) is 5.37. The van der Waals surface area contributed by atoms with Crippen LogP contribution >= 0.6 is 11.3 Å². The standard InChI is InChI=1S/C13H11N3O2S/c1-2-3-12-15-11-7-14-10-5-4-8(16(17)18)6-9(10)13(11)19-12/h4-7H,2-3H2,1H3. The predicted molar refractivity (Wildman–Crippen MR) is 75.6 cm³/mol. The smallest absolute Gasteiger partial charge is 0.258 e. The summed E-state index contributed by atoms with van der Waals surface area (Å²) < 4.78 is 0.983. The third-order valence-corrected chi connectivity index (χ3v) is 4.09. The molecule has 3 rings (SSSR count). The lowest BCUT2D eigenvalue weighted by Gasteiger charge is -1.97. The molecule has 0 amide bonds. The van der Waals surface area contributed by atoms with Gasteiger partial charge < -0.3 is 0 Å². The topological polar surface area (TPSA) is 68.9 Å². The monoisotopic (exact) mass is 273 g/mol. The van der Waals surface area contributed by atoms with Gasteiger partial charge in [0.1, 0.15) is 5.52 Å². The molecule has 0 fully saturated rings. The Balaban J connectivity index is 2.29. The Morgan fingerprint density at radius 2 is 2.21 bits per heavy atom. The number of pyridine rings is 1. The fourth-order valence-electron chi connectivity index (χ4n) is 2.04. The molecular weight excluding hydrogens is 262 g/mol. The molecule has 3 aromatic rings. The van der Waals surface area contributed by atoms with Gasteiger partial charge in [0.15, 0.2) is 0 Å². The molecule has 0 saturated heterocycles. The van der Waals surface area contributed by atoms with Crippen LogP contribution in [0.3, 0.4) is 0 Å². The molecule has 0 saturated carbocycles. The van der Waals surface area contributed by atoms with Crippen molar-refractivity contribution in [1.29, 1.82) is 0 Å². The lowest BCUT2D eigenvalue weighted by Crippen LogP contribution is -1.88. The van der Waals surface area contributed by atoms with Crippen LogP contribution in [0.2, 0.25) is 0 Å². The van der Waals surface area contributed by atoms with Crippen molar-refractivity contribution < 1.29 is 4.92 Å². The van der Waals surface area contributed by atoms with Crippen LogP contribution in [0.25, 0.3) is 21.1 Å². The molecule has 5 nitrogen and oxygen atoms in total. The van der Waals surface area contributed by atoms with Gasteiger partial charge in [-0.2, -0.15) is 0 Å². The van der Waals surface area contributed by atoms with Crippen LogP contribution in [0.15, 0.2) is 24.4 Å². The van der Waals surface area contributed by atoms with Crippen LogP contribution in [-0.2, 0) is 6.42 Å². The molecule has 1 aromatic carbocycles. The number of hydrogen-bond donors (Lipinski definition) is 0. The number of hydrogen-bond acceptors (Lipinski definition) is 5. The molecule has 6 heteroatoms. The molecule has 19 heavy (non-hydrogen) atoms. The first-order valence-electron chi connectivity index (χ1n) is 6.01. The zero-order valence-corrected chi connectivity index (χ0v) is 11.1. The van der Waals surface area contributed by atoms with Crippen LogP contribution < -0.4 is 0 Å². The van der Waals surface area contributed by atoms with Crippen LogP contribution in [0.4, 0.5) is 5.69 Å². The van der Waals surface area contributed by atoms with Gasteiger partial charge in [0.2, 0.25) is 0 Å². The Morgan fingerprint density at radius 1 is 1.37 bits per heavy atom. The summed E-state index contributed by atoms with van der Waals surface area (Å²) in [4.78, 5) is 19.3. The zero-order valence-electron chi connectivity index (χ0n) is 10.3. The highest BCUT2D eigenvalue weighted by Gasteiger charge is 2.12. The van der Waals surface area contributed by atoms with Crippen molar-refractivity contribution in [2.24, 2.45) is 0 Å². The van der Waals surface area contributed by atoms with E-state index in [-0.39, 0.29) is 10.6 Å². The highest BCUT2D eigenvalue weighted by Crippen LogP contribution is 2.31. The van der Waals surface area contributed by atoms with Crippen molar-refractivity contribution in [1.82, 2.24) is 9.97 Å². The van der Waals surface area contributed by atoms with E-state index >= 15 is 0 Å². The Hall–Kier alpha value is -2.08. The molecule has 96 valence electrons. The molecule has 0 aliphatic carbocycles. The quantitative estimate of drug-likeness (QED) is 0.539. The van der Waals surface area contributed by atoms with Crippen LogP contribution in [-0.4, -0.2) is 14.9 Å². The summed E-state index contributed by atoms with van der Waals surface area (Å²) in [7, 11) is 0. The minimum Gasteiger partial charge on any atom is -0.258 e.